The molecule has 0 aliphatic rings. The van der Waals surface area contributed by atoms with Crippen molar-refractivity contribution in [2.75, 3.05) is 6.54 Å². The van der Waals surface area contributed by atoms with Gasteiger partial charge in [-0.25, -0.2) is 4.39 Å². The van der Waals surface area contributed by atoms with Gasteiger partial charge in [-0.2, -0.15) is 0 Å². The minimum atomic E-state index is -0.239. The van der Waals surface area contributed by atoms with Crippen LogP contribution in [0.2, 0.25) is 5.02 Å². The fourth-order valence-electron chi connectivity index (χ4n) is 2.37. The fourth-order valence-corrected chi connectivity index (χ4v) is 3.16. The molecule has 0 bridgehead atoms. The summed E-state index contributed by atoms with van der Waals surface area (Å²) in [5, 5.41) is 4.16. The third kappa shape index (κ3) is 4.53. The van der Waals surface area contributed by atoms with Crippen LogP contribution in [0.25, 0.3) is 0 Å². The molecule has 0 radical (unpaired) electrons. The van der Waals surface area contributed by atoms with Gasteiger partial charge in [-0.15, -0.1) is 0 Å². The molecule has 0 heterocycles. The van der Waals surface area contributed by atoms with E-state index in [0.29, 0.717) is 0 Å². The Balaban J connectivity index is 2.30. The second kappa shape index (κ2) is 7.39. The molecule has 0 amide bonds. The average molecular weight is 371 g/mol. The van der Waals surface area contributed by atoms with E-state index in [-0.39, 0.29) is 11.9 Å². The number of nitrogens with one attached hydrogen (secondary N) is 1. The fraction of sp³-hybridized carbons (Fsp3) is 0.294. The van der Waals surface area contributed by atoms with Gasteiger partial charge in [0.05, 0.1) is 0 Å². The van der Waals surface area contributed by atoms with Gasteiger partial charge >= 0.3 is 0 Å². The van der Waals surface area contributed by atoms with E-state index in [4.69, 9.17) is 11.6 Å². The van der Waals surface area contributed by atoms with Crippen molar-refractivity contribution in [3.8, 4) is 0 Å². The topological polar surface area (TPSA) is 12.0 Å². The van der Waals surface area contributed by atoms with Crippen LogP contribution < -0.4 is 5.32 Å². The molecule has 1 unspecified atom stereocenters. The molecule has 0 spiro atoms. The van der Waals surface area contributed by atoms with Crippen LogP contribution in [0.3, 0.4) is 0 Å². The zero-order chi connectivity index (χ0) is 15.4. The van der Waals surface area contributed by atoms with Gasteiger partial charge in [-0.05, 0) is 60.8 Å². The molecule has 0 fully saturated rings. The molecule has 0 aromatic heterocycles. The van der Waals surface area contributed by atoms with Crippen molar-refractivity contribution in [2.24, 2.45) is 0 Å². The summed E-state index contributed by atoms with van der Waals surface area (Å²) in [5.41, 5.74) is 3.12. The normalized spacial score (nSPS) is 12.4. The molecule has 1 atom stereocenters. The Labute approximate surface area is 138 Å². The van der Waals surface area contributed by atoms with Crippen molar-refractivity contribution in [1.82, 2.24) is 5.32 Å². The zero-order valence-corrected chi connectivity index (χ0v) is 14.4. The Morgan fingerprint density at radius 1 is 1.24 bits per heavy atom. The number of halogens is 3. The first-order chi connectivity index (χ1) is 9.99. The molecule has 4 heteroatoms. The number of aryl methyl sites for hydroxylation is 1. The lowest BCUT2D eigenvalue weighted by Gasteiger charge is -2.20. The summed E-state index contributed by atoms with van der Waals surface area (Å²) in [4.78, 5) is 0. The minimum absolute atomic E-state index is 0.0298. The highest BCUT2D eigenvalue weighted by molar-refractivity contribution is 9.10. The largest absolute Gasteiger partial charge is 0.310 e. The monoisotopic (exact) mass is 369 g/mol. The van der Waals surface area contributed by atoms with E-state index in [1.54, 1.807) is 6.07 Å². The first-order valence-electron chi connectivity index (χ1n) is 6.94. The predicted molar refractivity (Wildman–Crippen MR) is 90.4 cm³/mol. The van der Waals surface area contributed by atoms with Gasteiger partial charge in [-0.3, -0.25) is 0 Å². The molecular formula is C17H18BrClFN. The van der Waals surface area contributed by atoms with Crippen LogP contribution in [0.15, 0.2) is 40.9 Å². The third-order valence-corrected chi connectivity index (χ3v) is 4.18. The van der Waals surface area contributed by atoms with Crippen LogP contribution in [0.5, 0.6) is 0 Å². The van der Waals surface area contributed by atoms with Crippen LogP contribution in [-0.2, 0) is 6.42 Å². The van der Waals surface area contributed by atoms with E-state index < -0.39 is 0 Å². The Morgan fingerprint density at radius 3 is 2.62 bits per heavy atom. The van der Waals surface area contributed by atoms with Gasteiger partial charge in [0.15, 0.2) is 0 Å². The van der Waals surface area contributed by atoms with Gasteiger partial charge in [0.25, 0.3) is 0 Å². The van der Waals surface area contributed by atoms with Crippen LogP contribution in [0.1, 0.15) is 29.7 Å². The number of hydrogen-bond donors (Lipinski definition) is 1. The van der Waals surface area contributed by atoms with Crippen molar-refractivity contribution in [2.45, 2.75) is 26.3 Å². The zero-order valence-electron chi connectivity index (χ0n) is 12.1. The van der Waals surface area contributed by atoms with Crippen LogP contribution in [0, 0.1) is 12.7 Å². The molecule has 2 rings (SSSR count). The molecular weight excluding hydrogens is 353 g/mol. The van der Waals surface area contributed by atoms with Crippen LogP contribution >= 0.6 is 27.5 Å². The quantitative estimate of drug-likeness (QED) is 0.738. The lowest BCUT2D eigenvalue weighted by Crippen LogP contribution is -2.23. The highest BCUT2D eigenvalue weighted by Gasteiger charge is 2.14. The van der Waals surface area contributed by atoms with E-state index in [1.807, 2.05) is 38.1 Å². The maximum absolute atomic E-state index is 13.6. The first kappa shape index (κ1) is 16.5. The van der Waals surface area contributed by atoms with Crippen molar-refractivity contribution in [3.63, 3.8) is 0 Å². The third-order valence-electron chi connectivity index (χ3n) is 3.37. The standard InChI is InChI=1S/C17H18BrClFN/c1-3-21-17(13-7-14(18)10-15(20)8-13)9-12-5-4-11(2)6-16(12)19/h4-8,10,17,21H,3,9H2,1-2H3. The smallest absolute Gasteiger partial charge is 0.124 e. The van der Waals surface area contributed by atoms with Gasteiger partial charge in [0.1, 0.15) is 5.82 Å². The summed E-state index contributed by atoms with van der Waals surface area (Å²) in [6.45, 7) is 4.86. The molecule has 2 aromatic rings. The summed E-state index contributed by atoms with van der Waals surface area (Å²) >= 11 is 9.66. The molecule has 2 aromatic carbocycles. The van der Waals surface area contributed by atoms with Crippen LogP contribution in [0.4, 0.5) is 4.39 Å². The molecule has 1 N–H and O–H groups in total. The van der Waals surface area contributed by atoms with Crippen molar-refractivity contribution < 1.29 is 4.39 Å². The second-order valence-corrected chi connectivity index (χ2v) is 6.43. The molecule has 0 aliphatic heterocycles. The minimum Gasteiger partial charge on any atom is -0.310 e. The predicted octanol–water partition coefficient (Wildman–Crippen LogP) is 5.44. The molecule has 112 valence electrons. The summed E-state index contributed by atoms with van der Waals surface area (Å²) in [6, 6.07) is 11.1. The molecule has 0 saturated heterocycles. The van der Waals surface area contributed by atoms with Gasteiger partial charge in [-0.1, -0.05) is 46.6 Å². The van der Waals surface area contributed by atoms with Gasteiger partial charge in [0.2, 0.25) is 0 Å². The van der Waals surface area contributed by atoms with E-state index in [9.17, 15) is 4.39 Å². The Kier molecular flexibility index (Phi) is 5.80. The molecule has 0 saturated carbocycles. The number of hydrogen-bond acceptors (Lipinski definition) is 1. The SMILES string of the molecule is CCNC(Cc1ccc(C)cc1Cl)c1cc(F)cc(Br)c1. The summed E-state index contributed by atoms with van der Waals surface area (Å²) in [5.74, 6) is -0.239. The molecule has 21 heavy (non-hydrogen) atoms. The Bertz CT molecular complexity index is 610. The first-order valence-corrected chi connectivity index (χ1v) is 8.11. The maximum atomic E-state index is 13.6. The van der Waals surface area contributed by atoms with Crippen molar-refractivity contribution >= 4 is 27.5 Å². The number of likely N-dealkylation sites (N-methyl/N-ethyl adjacent to an activating group) is 1. The van der Waals surface area contributed by atoms with Crippen molar-refractivity contribution in [1.29, 1.82) is 0 Å². The highest BCUT2D eigenvalue weighted by Crippen LogP contribution is 2.27. The summed E-state index contributed by atoms with van der Waals surface area (Å²) in [7, 11) is 0. The Morgan fingerprint density at radius 2 is 2.00 bits per heavy atom. The molecule has 0 aliphatic carbocycles. The second-order valence-electron chi connectivity index (χ2n) is 5.11. The van der Waals surface area contributed by atoms with E-state index in [2.05, 4.69) is 21.2 Å². The van der Waals surface area contributed by atoms with E-state index in [1.165, 1.54) is 6.07 Å². The highest BCUT2D eigenvalue weighted by atomic mass is 79.9. The van der Waals surface area contributed by atoms with Crippen molar-refractivity contribution in [3.05, 3.63) is 68.4 Å². The lowest BCUT2D eigenvalue weighted by atomic mass is 9.98. The summed E-state index contributed by atoms with van der Waals surface area (Å²) in [6.07, 6.45) is 0.725. The van der Waals surface area contributed by atoms with E-state index >= 15 is 0 Å². The Hall–Kier alpha value is -0.900. The van der Waals surface area contributed by atoms with Gasteiger partial charge < -0.3 is 5.32 Å². The maximum Gasteiger partial charge on any atom is 0.124 e. The van der Waals surface area contributed by atoms with Gasteiger partial charge in [0, 0.05) is 15.5 Å². The lowest BCUT2D eigenvalue weighted by molar-refractivity contribution is 0.542. The molecule has 1 nitrogen and oxygen atoms in total. The average Bonchev–Trinajstić information content (AvgIpc) is 2.40. The van der Waals surface area contributed by atoms with E-state index in [0.717, 1.165) is 39.2 Å². The number of rotatable bonds is 5. The number of benzene rings is 2. The van der Waals surface area contributed by atoms with Crippen LogP contribution in [-0.4, -0.2) is 6.54 Å². The summed E-state index contributed by atoms with van der Waals surface area (Å²) < 4.78 is 14.4.